The minimum Gasteiger partial charge on any atom is -0.423 e. The number of esters is 1. The normalized spacial score (nSPS) is 10.7. The van der Waals surface area contributed by atoms with Crippen LogP contribution in [0.25, 0.3) is 6.08 Å². The Labute approximate surface area is 167 Å². The number of carbonyl (C=O) groups is 2. The van der Waals surface area contributed by atoms with Crippen molar-refractivity contribution in [2.75, 3.05) is 0 Å². The lowest BCUT2D eigenvalue weighted by Crippen LogP contribution is -2.08. The van der Waals surface area contributed by atoms with E-state index in [1.54, 1.807) is 18.2 Å². The number of hydrogen-bond acceptors (Lipinski definition) is 5. The summed E-state index contributed by atoms with van der Waals surface area (Å²) in [6, 6.07) is 19.1. The van der Waals surface area contributed by atoms with Gasteiger partial charge in [-0.05, 0) is 55.0 Å². The number of rotatable bonds is 6. The average molecular weight is 387 g/mol. The van der Waals surface area contributed by atoms with Crippen molar-refractivity contribution in [2.24, 2.45) is 0 Å². The molecule has 0 spiro atoms. The highest BCUT2D eigenvalue weighted by molar-refractivity contribution is 6.06. The number of allylic oxidation sites excluding steroid dienone is 1. The van der Waals surface area contributed by atoms with Crippen molar-refractivity contribution in [3.63, 3.8) is 0 Å². The van der Waals surface area contributed by atoms with Crippen LogP contribution in [0.3, 0.4) is 0 Å². The molecular formula is C23H17NO5. The van der Waals surface area contributed by atoms with Gasteiger partial charge in [0.15, 0.2) is 5.78 Å². The molecule has 3 aromatic carbocycles. The third kappa shape index (κ3) is 5.23. The molecule has 0 atom stereocenters. The maximum absolute atomic E-state index is 12.3. The Bertz CT molecular complexity index is 1070. The molecule has 0 saturated heterocycles. The van der Waals surface area contributed by atoms with Gasteiger partial charge in [0.25, 0.3) is 5.69 Å². The van der Waals surface area contributed by atoms with Crippen molar-refractivity contribution >= 4 is 23.5 Å². The predicted molar refractivity (Wildman–Crippen MR) is 109 cm³/mol. The second kappa shape index (κ2) is 8.75. The van der Waals surface area contributed by atoms with Crippen LogP contribution in [0.15, 0.2) is 78.9 Å². The molecule has 0 aliphatic carbocycles. The fourth-order valence-corrected chi connectivity index (χ4v) is 2.52. The van der Waals surface area contributed by atoms with Crippen LogP contribution in [0, 0.1) is 17.0 Å². The molecule has 0 aromatic heterocycles. The summed E-state index contributed by atoms with van der Waals surface area (Å²) in [7, 11) is 0. The van der Waals surface area contributed by atoms with Crippen LogP contribution in [0.2, 0.25) is 0 Å². The van der Waals surface area contributed by atoms with Crippen molar-refractivity contribution in [2.45, 2.75) is 6.92 Å². The third-order valence-corrected chi connectivity index (χ3v) is 4.17. The zero-order valence-electron chi connectivity index (χ0n) is 15.6. The number of aryl methyl sites for hydroxylation is 1. The van der Waals surface area contributed by atoms with E-state index in [9.17, 15) is 19.7 Å². The third-order valence-electron chi connectivity index (χ3n) is 4.17. The number of benzene rings is 3. The molecule has 6 nitrogen and oxygen atoms in total. The van der Waals surface area contributed by atoms with E-state index < -0.39 is 10.9 Å². The quantitative estimate of drug-likeness (QED) is 0.148. The molecule has 6 heteroatoms. The van der Waals surface area contributed by atoms with Crippen LogP contribution in [0.5, 0.6) is 5.75 Å². The first kappa shape index (κ1) is 19.7. The summed E-state index contributed by atoms with van der Waals surface area (Å²) < 4.78 is 5.24. The van der Waals surface area contributed by atoms with E-state index >= 15 is 0 Å². The van der Waals surface area contributed by atoms with Gasteiger partial charge in [-0.25, -0.2) is 4.79 Å². The fourth-order valence-electron chi connectivity index (χ4n) is 2.52. The van der Waals surface area contributed by atoms with Gasteiger partial charge in [0.2, 0.25) is 0 Å². The van der Waals surface area contributed by atoms with E-state index in [0.29, 0.717) is 5.56 Å². The second-order valence-electron chi connectivity index (χ2n) is 6.33. The highest BCUT2D eigenvalue weighted by atomic mass is 16.6. The highest BCUT2D eigenvalue weighted by Gasteiger charge is 2.12. The van der Waals surface area contributed by atoms with Crippen molar-refractivity contribution in [1.82, 2.24) is 0 Å². The Kier molecular flexibility index (Phi) is 5.94. The molecular weight excluding hydrogens is 370 g/mol. The molecule has 0 amide bonds. The molecule has 29 heavy (non-hydrogen) atoms. The van der Waals surface area contributed by atoms with Crippen LogP contribution in [-0.4, -0.2) is 16.7 Å². The first-order valence-electron chi connectivity index (χ1n) is 8.78. The van der Waals surface area contributed by atoms with Crippen molar-refractivity contribution in [3.05, 3.63) is 111 Å². The van der Waals surface area contributed by atoms with Gasteiger partial charge in [0, 0.05) is 17.7 Å². The summed E-state index contributed by atoms with van der Waals surface area (Å²) in [5.74, 6) is -0.538. The number of ketones is 1. The second-order valence-corrected chi connectivity index (χ2v) is 6.33. The van der Waals surface area contributed by atoms with E-state index in [1.165, 1.54) is 42.5 Å². The summed E-state index contributed by atoms with van der Waals surface area (Å²) in [4.78, 5) is 34.5. The van der Waals surface area contributed by atoms with Crippen molar-refractivity contribution in [1.29, 1.82) is 0 Å². The van der Waals surface area contributed by atoms with Crippen LogP contribution in [0.4, 0.5) is 5.69 Å². The molecule has 3 aromatic rings. The van der Waals surface area contributed by atoms with Gasteiger partial charge in [-0.15, -0.1) is 0 Å². The first-order chi connectivity index (χ1) is 13.9. The Balaban J connectivity index is 1.63. The zero-order valence-corrected chi connectivity index (χ0v) is 15.6. The summed E-state index contributed by atoms with van der Waals surface area (Å²) in [5.41, 5.74) is 2.62. The number of nitrogens with zero attached hydrogens (tertiary/aromatic N) is 1. The predicted octanol–water partition coefficient (Wildman–Crippen LogP) is 5.02. The monoisotopic (exact) mass is 387 g/mol. The van der Waals surface area contributed by atoms with E-state index in [1.807, 2.05) is 31.2 Å². The molecule has 0 aliphatic heterocycles. The van der Waals surface area contributed by atoms with Crippen LogP contribution in [-0.2, 0) is 0 Å². The summed E-state index contributed by atoms with van der Waals surface area (Å²) >= 11 is 0. The molecule has 0 bridgehead atoms. The smallest absolute Gasteiger partial charge is 0.343 e. The number of hydrogen-bond donors (Lipinski definition) is 0. The fraction of sp³-hybridized carbons (Fsp3) is 0.0435. The topological polar surface area (TPSA) is 86.5 Å². The maximum atomic E-state index is 12.3. The molecule has 0 N–H and O–H groups in total. The van der Waals surface area contributed by atoms with Crippen LogP contribution < -0.4 is 4.74 Å². The molecule has 0 saturated carbocycles. The largest absolute Gasteiger partial charge is 0.423 e. The lowest BCUT2D eigenvalue weighted by molar-refractivity contribution is -0.384. The number of non-ortho nitro benzene ring substituents is 1. The number of nitro benzene ring substituents is 1. The SMILES string of the molecule is Cc1ccc(/C=C/C(=O)c2ccc(OC(=O)c3ccc([N+](=O)[O-])cc3)cc2)cc1. The Morgan fingerprint density at radius 1 is 0.862 bits per heavy atom. The Morgan fingerprint density at radius 3 is 2.03 bits per heavy atom. The standard InChI is InChI=1S/C23H17NO5/c1-16-2-4-17(5-3-16)6-15-22(25)18-9-13-21(14-10-18)29-23(26)19-7-11-20(12-8-19)24(27)28/h2-15H,1H3/b15-6+. The van der Waals surface area contributed by atoms with E-state index in [2.05, 4.69) is 0 Å². The van der Waals surface area contributed by atoms with Gasteiger partial charge in [0.1, 0.15) is 5.75 Å². The summed E-state index contributed by atoms with van der Waals surface area (Å²) in [6.07, 6.45) is 3.23. The molecule has 0 unspecified atom stereocenters. The summed E-state index contributed by atoms with van der Waals surface area (Å²) in [5, 5.41) is 10.7. The van der Waals surface area contributed by atoms with Crippen molar-refractivity contribution < 1.29 is 19.2 Å². The zero-order chi connectivity index (χ0) is 20.8. The van der Waals surface area contributed by atoms with Crippen LogP contribution in [0.1, 0.15) is 31.8 Å². The molecule has 144 valence electrons. The molecule has 0 heterocycles. The highest BCUT2D eigenvalue weighted by Crippen LogP contribution is 2.17. The van der Waals surface area contributed by atoms with Gasteiger partial charge in [-0.3, -0.25) is 14.9 Å². The number of ether oxygens (including phenoxy) is 1. The molecule has 0 fully saturated rings. The van der Waals surface area contributed by atoms with Gasteiger partial charge in [-0.1, -0.05) is 35.9 Å². The Morgan fingerprint density at radius 2 is 1.45 bits per heavy atom. The maximum Gasteiger partial charge on any atom is 0.343 e. The van der Waals surface area contributed by atoms with Gasteiger partial charge in [-0.2, -0.15) is 0 Å². The van der Waals surface area contributed by atoms with Gasteiger partial charge >= 0.3 is 5.97 Å². The summed E-state index contributed by atoms with van der Waals surface area (Å²) in [6.45, 7) is 1.99. The average Bonchev–Trinajstić information content (AvgIpc) is 2.73. The minimum absolute atomic E-state index is 0.108. The van der Waals surface area contributed by atoms with Crippen LogP contribution >= 0.6 is 0 Å². The first-order valence-corrected chi connectivity index (χ1v) is 8.78. The van der Waals surface area contributed by atoms with Gasteiger partial charge in [0.05, 0.1) is 10.5 Å². The lowest BCUT2D eigenvalue weighted by atomic mass is 10.1. The Hall–Kier alpha value is -4.06. The molecule has 0 aliphatic rings. The number of carbonyl (C=O) groups excluding carboxylic acids is 2. The molecule has 0 radical (unpaired) electrons. The number of nitro groups is 1. The van der Waals surface area contributed by atoms with E-state index in [-0.39, 0.29) is 22.8 Å². The van der Waals surface area contributed by atoms with E-state index in [0.717, 1.165) is 11.1 Å². The van der Waals surface area contributed by atoms with Gasteiger partial charge < -0.3 is 4.74 Å². The van der Waals surface area contributed by atoms with E-state index in [4.69, 9.17) is 4.74 Å². The minimum atomic E-state index is -0.641. The van der Waals surface area contributed by atoms with Crippen molar-refractivity contribution in [3.8, 4) is 5.75 Å². The lowest BCUT2D eigenvalue weighted by Gasteiger charge is -2.05. The molecule has 3 rings (SSSR count).